The minimum Gasteiger partial charge on any atom is -0.318 e. The maximum atomic E-state index is 11.9. The first kappa shape index (κ1) is 11.8. The lowest BCUT2D eigenvalue weighted by Gasteiger charge is -2.20. The van der Waals surface area contributed by atoms with Gasteiger partial charge in [-0.1, -0.05) is 6.92 Å². The zero-order chi connectivity index (χ0) is 9.23. The Bertz CT molecular complexity index is 80.6. The van der Waals surface area contributed by atoms with Crippen molar-refractivity contribution in [3.8, 4) is 0 Å². The quantitative estimate of drug-likeness (QED) is 0.599. The van der Waals surface area contributed by atoms with E-state index in [2.05, 4.69) is 17.1 Å². The number of likely N-dealkylation sites (N-methyl/N-ethyl adjacent to an activating group) is 1. The number of rotatable bonds is 8. The highest BCUT2D eigenvalue weighted by atomic mass is 19.1. The summed E-state index contributed by atoms with van der Waals surface area (Å²) in [6.07, 6.45) is 1.82. The molecule has 0 aromatic carbocycles. The first-order valence-corrected chi connectivity index (χ1v) is 4.78. The van der Waals surface area contributed by atoms with Gasteiger partial charge in [0.1, 0.15) is 0 Å². The van der Waals surface area contributed by atoms with Gasteiger partial charge in [0, 0.05) is 19.6 Å². The number of hydrogen-bond acceptors (Lipinski definition) is 2. The van der Waals surface area contributed by atoms with Crippen molar-refractivity contribution >= 4 is 0 Å². The zero-order valence-electron chi connectivity index (χ0n) is 8.27. The fourth-order valence-corrected chi connectivity index (χ4v) is 1.20. The summed E-state index contributed by atoms with van der Waals surface area (Å²) in [6.45, 7) is 5.96. The van der Waals surface area contributed by atoms with E-state index in [0.717, 1.165) is 32.6 Å². The lowest BCUT2D eigenvalue weighted by molar-refractivity contribution is 0.261. The van der Waals surface area contributed by atoms with Crippen LogP contribution in [0.15, 0.2) is 0 Å². The van der Waals surface area contributed by atoms with Crippen LogP contribution in [0.3, 0.4) is 0 Å². The van der Waals surface area contributed by atoms with Crippen LogP contribution in [0.25, 0.3) is 0 Å². The van der Waals surface area contributed by atoms with Crippen LogP contribution in [0, 0.1) is 0 Å². The normalized spacial score (nSPS) is 11.0. The van der Waals surface area contributed by atoms with Gasteiger partial charge in [0.25, 0.3) is 0 Å². The lowest BCUT2D eigenvalue weighted by Crippen LogP contribution is -2.32. The Hall–Kier alpha value is -0.150. The van der Waals surface area contributed by atoms with E-state index < -0.39 is 0 Å². The van der Waals surface area contributed by atoms with Crippen LogP contribution in [0.1, 0.15) is 19.8 Å². The molecule has 0 spiro atoms. The first-order chi connectivity index (χ1) is 5.85. The van der Waals surface area contributed by atoms with Crippen molar-refractivity contribution < 1.29 is 4.39 Å². The standard InChI is InChI=1S/C9H21FN2/c1-3-7-12(8-4-5-10)9-6-11-2/h11H,3-9H2,1-2H3. The zero-order valence-corrected chi connectivity index (χ0v) is 8.27. The molecule has 0 saturated carbocycles. The van der Waals surface area contributed by atoms with Gasteiger partial charge in [0.2, 0.25) is 0 Å². The summed E-state index contributed by atoms with van der Waals surface area (Å²) in [4.78, 5) is 2.30. The van der Waals surface area contributed by atoms with E-state index >= 15 is 0 Å². The Morgan fingerprint density at radius 2 is 2.00 bits per heavy atom. The average molecular weight is 176 g/mol. The molecule has 3 heteroatoms. The fraction of sp³-hybridized carbons (Fsp3) is 1.00. The van der Waals surface area contributed by atoms with Gasteiger partial charge in [-0.2, -0.15) is 0 Å². The Labute approximate surface area is 75.1 Å². The molecular formula is C9H21FN2. The molecule has 0 bridgehead atoms. The molecule has 0 unspecified atom stereocenters. The molecule has 0 atom stereocenters. The first-order valence-electron chi connectivity index (χ1n) is 4.78. The molecule has 0 aliphatic heterocycles. The van der Waals surface area contributed by atoms with Gasteiger partial charge in [-0.3, -0.25) is 4.39 Å². The van der Waals surface area contributed by atoms with Gasteiger partial charge < -0.3 is 10.2 Å². The Morgan fingerprint density at radius 3 is 2.50 bits per heavy atom. The summed E-state index contributed by atoms with van der Waals surface area (Å²) in [6, 6.07) is 0. The van der Waals surface area contributed by atoms with E-state index in [1.54, 1.807) is 0 Å². The second kappa shape index (κ2) is 8.94. The highest BCUT2D eigenvalue weighted by Crippen LogP contribution is 1.93. The summed E-state index contributed by atoms with van der Waals surface area (Å²) < 4.78 is 11.9. The van der Waals surface area contributed by atoms with Crippen molar-refractivity contribution in [2.24, 2.45) is 0 Å². The van der Waals surface area contributed by atoms with Crippen LogP contribution >= 0.6 is 0 Å². The SMILES string of the molecule is CCCN(CCCF)CCNC. The van der Waals surface area contributed by atoms with Gasteiger partial charge in [-0.25, -0.2) is 0 Å². The molecule has 0 aromatic rings. The summed E-state index contributed by atoms with van der Waals surface area (Å²) in [5.41, 5.74) is 0. The van der Waals surface area contributed by atoms with Crippen LogP contribution in [-0.2, 0) is 0 Å². The van der Waals surface area contributed by atoms with Crippen LogP contribution in [-0.4, -0.2) is 44.8 Å². The van der Waals surface area contributed by atoms with Gasteiger partial charge in [0.05, 0.1) is 6.67 Å². The Morgan fingerprint density at radius 1 is 1.25 bits per heavy atom. The van der Waals surface area contributed by atoms with E-state index in [1.807, 2.05) is 7.05 Å². The molecule has 0 saturated heterocycles. The minimum absolute atomic E-state index is 0.195. The molecule has 74 valence electrons. The van der Waals surface area contributed by atoms with Crippen molar-refractivity contribution in [1.82, 2.24) is 10.2 Å². The second-order valence-corrected chi connectivity index (χ2v) is 2.99. The largest absolute Gasteiger partial charge is 0.318 e. The van der Waals surface area contributed by atoms with Gasteiger partial charge >= 0.3 is 0 Å². The van der Waals surface area contributed by atoms with Crippen molar-refractivity contribution in [3.05, 3.63) is 0 Å². The van der Waals surface area contributed by atoms with Crippen LogP contribution in [0.2, 0.25) is 0 Å². The van der Waals surface area contributed by atoms with Crippen molar-refractivity contribution in [2.75, 3.05) is 39.9 Å². The second-order valence-electron chi connectivity index (χ2n) is 2.99. The summed E-state index contributed by atoms with van der Waals surface area (Å²) in [7, 11) is 1.94. The molecule has 0 fully saturated rings. The van der Waals surface area contributed by atoms with Crippen LogP contribution in [0.4, 0.5) is 4.39 Å². The summed E-state index contributed by atoms with van der Waals surface area (Å²) in [5.74, 6) is 0. The molecular weight excluding hydrogens is 155 g/mol. The van der Waals surface area contributed by atoms with E-state index in [0.29, 0.717) is 6.42 Å². The molecule has 0 aromatic heterocycles. The highest BCUT2D eigenvalue weighted by molar-refractivity contribution is 4.57. The van der Waals surface area contributed by atoms with Gasteiger partial charge in [-0.15, -0.1) is 0 Å². The van der Waals surface area contributed by atoms with E-state index in [1.165, 1.54) is 0 Å². The maximum absolute atomic E-state index is 11.9. The van der Waals surface area contributed by atoms with Crippen molar-refractivity contribution in [1.29, 1.82) is 0 Å². The topological polar surface area (TPSA) is 15.3 Å². The molecule has 0 rings (SSSR count). The third-order valence-corrected chi connectivity index (χ3v) is 1.83. The Balaban J connectivity index is 3.40. The molecule has 2 nitrogen and oxygen atoms in total. The lowest BCUT2D eigenvalue weighted by atomic mass is 10.3. The number of halogens is 1. The average Bonchev–Trinajstić information content (AvgIpc) is 2.10. The number of alkyl halides is 1. The smallest absolute Gasteiger partial charge is 0.0906 e. The molecule has 0 amide bonds. The molecule has 0 aliphatic rings. The monoisotopic (exact) mass is 176 g/mol. The summed E-state index contributed by atoms with van der Waals surface area (Å²) >= 11 is 0. The van der Waals surface area contributed by atoms with E-state index in [4.69, 9.17) is 0 Å². The molecule has 0 aliphatic carbocycles. The van der Waals surface area contributed by atoms with E-state index in [-0.39, 0.29) is 6.67 Å². The van der Waals surface area contributed by atoms with Crippen LogP contribution < -0.4 is 5.32 Å². The molecule has 0 heterocycles. The molecule has 1 N–H and O–H groups in total. The predicted octanol–water partition coefficient (Wildman–Crippen LogP) is 1.28. The Kier molecular flexibility index (Phi) is 8.83. The highest BCUT2D eigenvalue weighted by Gasteiger charge is 2.01. The minimum atomic E-state index is -0.195. The molecule has 12 heavy (non-hydrogen) atoms. The predicted molar refractivity (Wildman–Crippen MR) is 51.2 cm³/mol. The number of nitrogens with zero attached hydrogens (tertiary/aromatic N) is 1. The fourth-order valence-electron chi connectivity index (χ4n) is 1.20. The van der Waals surface area contributed by atoms with Crippen LogP contribution in [0.5, 0.6) is 0 Å². The molecule has 0 radical (unpaired) electrons. The van der Waals surface area contributed by atoms with Gasteiger partial charge in [-0.05, 0) is 26.4 Å². The van der Waals surface area contributed by atoms with Crippen molar-refractivity contribution in [2.45, 2.75) is 19.8 Å². The maximum Gasteiger partial charge on any atom is 0.0906 e. The van der Waals surface area contributed by atoms with Gasteiger partial charge in [0.15, 0.2) is 0 Å². The van der Waals surface area contributed by atoms with E-state index in [9.17, 15) is 4.39 Å². The summed E-state index contributed by atoms with van der Waals surface area (Å²) in [5, 5.41) is 3.10. The third-order valence-electron chi connectivity index (χ3n) is 1.83. The third kappa shape index (κ3) is 6.55. The number of hydrogen-bond donors (Lipinski definition) is 1. The number of nitrogens with one attached hydrogen (secondary N) is 1. The van der Waals surface area contributed by atoms with Crippen molar-refractivity contribution in [3.63, 3.8) is 0 Å².